The van der Waals surface area contributed by atoms with Gasteiger partial charge in [0.15, 0.2) is 0 Å². The summed E-state index contributed by atoms with van der Waals surface area (Å²) in [6, 6.07) is 14.8. The van der Waals surface area contributed by atoms with Gasteiger partial charge in [-0.1, -0.05) is 24.3 Å². The summed E-state index contributed by atoms with van der Waals surface area (Å²) in [7, 11) is 3.20. The molecule has 2 aromatic carbocycles. The molecule has 0 fully saturated rings. The van der Waals surface area contributed by atoms with Crippen LogP contribution in [0.1, 0.15) is 15.9 Å². The lowest BCUT2D eigenvalue weighted by Crippen LogP contribution is -2.28. The Labute approximate surface area is 163 Å². The Bertz CT molecular complexity index is 750. The summed E-state index contributed by atoms with van der Waals surface area (Å²) in [5, 5.41) is 5.68. The van der Waals surface area contributed by atoms with E-state index in [1.807, 2.05) is 42.5 Å². The van der Waals surface area contributed by atoms with Gasteiger partial charge in [-0.15, -0.1) is 11.8 Å². The van der Waals surface area contributed by atoms with Gasteiger partial charge in [-0.2, -0.15) is 0 Å². The van der Waals surface area contributed by atoms with Crippen molar-refractivity contribution in [2.45, 2.75) is 11.4 Å². The molecular weight excluding hydrogens is 364 g/mol. The zero-order chi connectivity index (χ0) is 19.5. The second kappa shape index (κ2) is 11.3. The molecule has 0 atom stereocenters. The molecule has 2 rings (SSSR count). The molecule has 0 radical (unpaired) electrons. The number of methoxy groups -OCH3 is 2. The zero-order valence-electron chi connectivity index (χ0n) is 15.5. The maximum Gasteiger partial charge on any atom is 0.252 e. The Morgan fingerprint density at radius 3 is 2.44 bits per heavy atom. The molecule has 2 aromatic rings. The predicted octanol–water partition coefficient (Wildman–Crippen LogP) is 2.48. The molecule has 0 aliphatic heterocycles. The lowest BCUT2D eigenvalue weighted by atomic mass is 10.2. The molecule has 0 unspecified atom stereocenters. The van der Waals surface area contributed by atoms with Crippen LogP contribution in [0.4, 0.5) is 0 Å². The van der Waals surface area contributed by atoms with Crippen molar-refractivity contribution < 1.29 is 19.1 Å². The first kappa shape index (κ1) is 20.8. The molecule has 7 heteroatoms. The minimum Gasteiger partial charge on any atom is -0.497 e. The van der Waals surface area contributed by atoms with Crippen molar-refractivity contribution in [3.63, 3.8) is 0 Å². The minimum absolute atomic E-state index is 0.0921. The van der Waals surface area contributed by atoms with E-state index in [4.69, 9.17) is 9.47 Å². The molecule has 0 bridgehead atoms. The molecule has 0 spiro atoms. The van der Waals surface area contributed by atoms with E-state index in [0.29, 0.717) is 25.3 Å². The summed E-state index contributed by atoms with van der Waals surface area (Å²) < 4.78 is 10.0. The van der Waals surface area contributed by atoms with Crippen LogP contribution >= 0.6 is 11.8 Å². The number of benzene rings is 2. The molecule has 27 heavy (non-hydrogen) atoms. The Morgan fingerprint density at radius 1 is 1.00 bits per heavy atom. The quantitative estimate of drug-likeness (QED) is 0.483. The minimum atomic E-state index is -0.172. The lowest BCUT2D eigenvalue weighted by Gasteiger charge is -2.10. The first-order chi connectivity index (χ1) is 13.1. The van der Waals surface area contributed by atoms with E-state index in [9.17, 15) is 9.59 Å². The van der Waals surface area contributed by atoms with Crippen LogP contribution in [-0.4, -0.2) is 44.9 Å². The molecule has 2 amide bonds. The first-order valence-corrected chi connectivity index (χ1v) is 9.51. The van der Waals surface area contributed by atoms with Crippen molar-refractivity contribution in [2.75, 3.05) is 33.1 Å². The van der Waals surface area contributed by atoms with E-state index in [0.717, 1.165) is 16.2 Å². The highest BCUT2D eigenvalue weighted by Gasteiger charge is 2.12. The number of amides is 2. The van der Waals surface area contributed by atoms with E-state index in [-0.39, 0.29) is 17.6 Å². The van der Waals surface area contributed by atoms with E-state index in [1.54, 1.807) is 20.3 Å². The predicted molar refractivity (Wildman–Crippen MR) is 106 cm³/mol. The van der Waals surface area contributed by atoms with Gasteiger partial charge in [0, 0.05) is 25.1 Å². The van der Waals surface area contributed by atoms with Gasteiger partial charge in [0.1, 0.15) is 5.75 Å². The van der Waals surface area contributed by atoms with E-state index in [1.165, 1.54) is 11.8 Å². The molecule has 0 saturated heterocycles. The molecule has 2 N–H and O–H groups in total. The average molecular weight is 388 g/mol. The van der Waals surface area contributed by atoms with Crippen molar-refractivity contribution in [3.05, 3.63) is 59.7 Å². The Balaban J connectivity index is 1.90. The third kappa shape index (κ3) is 6.96. The fourth-order valence-electron chi connectivity index (χ4n) is 2.29. The second-order valence-electron chi connectivity index (χ2n) is 5.66. The fraction of sp³-hybridized carbons (Fsp3) is 0.300. The number of carbonyl (C=O) groups is 2. The van der Waals surface area contributed by atoms with Crippen LogP contribution in [-0.2, 0) is 16.1 Å². The maximum absolute atomic E-state index is 12.6. The number of hydrogen-bond acceptors (Lipinski definition) is 5. The molecule has 0 aliphatic carbocycles. The first-order valence-electron chi connectivity index (χ1n) is 8.52. The van der Waals surface area contributed by atoms with Crippen LogP contribution in [0.2, 0.25) is 0 Å². The van der Waals surface area contributed by atoms with E-state index in [2.05, 4.69) is 10.6 Å². The summed E-state index contributed by atoms with van der Waals surface area (Å²) >= 11 is 1.34. The zero-order valence-corrected chi connectivity index (χ0v) is 16.3. The largest absolute Gasteiger partial charge is 0.497 e. The van der Waals surface area contributed by atoms with E-state index < -0.39 is 0 Å². The van der Waals surface area contributed by atoms with Crippen LogP contribution in [0.25, 0.3) is 0 Å². The van der Waals surface area contributed by atoms with Crippen LogP contribution in [0.15, 0.2) is 53.4 Å². The normalized spacial score (nSPS) is 10.3. The monoisotopic (exact) mass is 388 g/mol. The Morgan fingerprint density at radius 2 is 1.74 bits per heavy atom. The molecule has 0 aliphatic rings. The van der Waals surface area contributed by atoms with Crippen LogP contribution in [0.3, 0.4) is 0 Å². The van der Waals surface area contributed by atoms with Gasteiger partial charge in [-0.25, -0.2) is 0 Å². The maximum atomic E-state index is 12.6. The number of ether oxygens (including phenoxy) is 2. The highest BCUT2D eigenvalue weighted by molar-refractivity contribution is 8.00. The van der Waals surface area contributed by atoms with Gasteiger partial charge < -0.3 is 20.1 Å². The van der Waals surface area contributed by atoms with Crippen LogP contribution < -0.4 is 15.4 Å². The summed E-state index contributed by atoms with van der Waals surface area (Å²) in [5.74, 6) is 0.752. The number of thioether (sulfide) groups is 1. The van der Waals surface area contributed by atoms with Crippen LogP contribution in [0.5, 0.6) is 5.75 Å². The fourth-order valence-corrected chi connectivity index (χ4v) is 3.17. The van der Waals surface area contributed by atoms with E-state index >= 15 is 0 Å². The number of carbonyl (C=O) groups excluding carboxylic acids is 2. The second-order valence-corrected chi connectivity index (χ2v) is 6.68. The molecule has 144 valence electrons. The summed E-state index contributed by atoms with van der Waals surface area (Å²) in [5.41, 5.74) is 1.53. The third-order valence-corrected chi connectivity index (χ3v) is 4.80. The van der Waals surface area contributed by atoms with Gasteiger partial charge in [0.25, 0.3) is 5.91 Å². The van der Waals surface area contributed by atoms with Gasteiger partial charge in [0.05, 0.1) is 25.0 Å². The molecular formula is C20H24N2O4S. The lowest BCUT2D eigenvalue weighted by molar-refractivity contribution is -0.118. The average Bonchev–Trinajstić information content (AvgIpc) is 2.71. The van der Waals surface area contributed by atoms with Gasteiger partial charge in [0.2, 0.25) is 5.91 Å². The number of nitrogens with one attached hydrogen (secondary N) is 2. The van der Waals surface area contributed by atoms with Crippen molar-refractivity contribution in [1.29, 1.82) is 0 Å². The third-order valence-electron chi connectivity index (χ3n) is 3.73. The summed E-state index contributed by atoms with van der Waals surface area (Å²) in [6.07, 6.45) is 0. The van der Waals surface area contributed by atoms with Crippen molar-refractivity contribution in [2.24, 2.45) is 0 Å². The standard InChI is InChI=1S/C20H24N2O4S/c1-25-12-11-21-19(23)14-27-18-6-4-3-5-17(18)20(24)22-13-15-7-9-16(26-2)10-8-15/h3-10H,11-14H2,1-2H3,(H,21,23)(H,22,24). The summed E-state index contributed by atoms with van der Waals surface area (Å²) in [6.45, 7) is 1.36. The van der Waals surface area contributed by atoms with Gasteiger partial charge >= 0.3 is 0 Å². The highest BCUT2D eigenvalue weighted by atomic mass is 32.2. The van der Waals surface area contributed by atoms with Crippen LogP contribution in [0, 0.1) is 0 Å². The van der Waals surface area contributed by atoms with Gasteiger partial charge in [-0.05, 0) is 29.8 Å². The Kier molecular flexibility index (Phi) is 8.67. The molecule has 0 heterocycles. The molecule has 0 aromatic heterocycles. The highest BCUT2D eigenvalue weighted by Crippen LogP contribution is 2.22. The topological polar surface area (TPSA) is 76.7 Å². The van der Waals surface area contributed by atoms with Crippen molar-refractivity contribution in [3.8, 4) is 5.75 Å². The van der Waals surface area contributed by atoms with Crippen molar-refractivity contribution in [1.82, 2.24) is 10.6 Å². The SMILES string of the molecule is COCCNC(=O)CSc1ccccc1C(=O)NCc1ccc(OC)cc1. The Hall–Kier alpha value is -2.51. The molecule has 0 saturated carbocycles. The molecule has 6 nitrogen and oxygen atoms in total. The number of hydrogen-bond donors (Lipinski definition) is 2. The number of rotatable bonds is 10. The smallest absolute Gasteiger partial charge is 0.252 e. The summed E-state index contributed by atoms with van der Waals surface area (Å²) in [4.78, 5) is 25.2. The van der Waals surface area contributed by atoms with Gasteiger partial charge in [-0.3, -0.25) is 9.59 Å². The van der Waals surface area contributed by atoms with Crippen molar-refractivity contribution >= 4 is 23.6 Å².